The maximum absolute atomic E-state index is 4.40. The van der Waals surface area contributed by atoms with Gasteiger partial charge in [0.1, 0.15) is 0 Å². The third-order valence-electron chi connectivity index (χ3n) is 2.05. The zero-order valence-electron chi connectivity index (χ0n) is 6.99. The summed E-state index contributed by atoms with van der Waals surface area (Å²) in [6.07, 6.45) is 0. The van der Waals surface area contributed by atoms with Crippen LogP contribution in [0.4, 0.5) is 0 Å². The summed E-state index contributed by atoms with van der Waals surface area (Å²) < 4.78 is 0. The van der Waals surface area contributed by atoms with Crippen molar-refractivity contribution in [1.29, 1.82) is 0 Å². The highest BCUT2D eigenvalue weighted by atomic mass is 32.1. The molecule has 0 saturated heterocycles. The number of benzene rings is 1. The van der Waals surface area contributed by atoms with Gasteiger partial charge in [-0.25, -0.2) is 0 Å². The molecule has 0 fully saturated rings. The van der Waals surface area contributed by atoms with Crippen LogP contribution in [-0.2, 0) is 0 Å². The van der Waals surface area contributed by atoms with E-state index in [1.54, 1.807) is 0 Å². The molecule has 0 spiro atoms. The molecule has 0 radical (unpaired) electrons. The Morgan fingerprint density at radius 2 is 1.64 bits per heavy atom. The second-order valence-corrected chi connectivity index (χ2v) is 3.75. The van der Waals surface area contributed by atoms with Crippen molar-refractivity contribution in [2.24, 2.45) is 0 Å². The minimum absolute atomic E-state index is 0.428. The first kappa shape index (κ1) is 8.66. The third kappa shape index (κ3) is 2.26. The van der Waals surface area contributed by atoms with Crippen molar-refractivity contribution in [3.05, 3.63) is 35.9 Å². The molecule has 0 heterocycles. The fourth-order valence-electron chi connectivity index (χ4n) is 1.04. The fourth-order valence-corrected chi connectivity index (χ4v) is 1.21. The average Bonchev–Trinajstić information content (AvgIpc) is 2.05. The van der Waals surface area contributed by atoms with Crippen LogP contribution in [0, 0.1) is 0 Å². The Morgan fingerprint density at radius 3 is 2.09 bits per heavy atom. The first-order valence-electron chi connectivity index (χ1n) is 3.95. The molecule has 1 aromatic rings. The van der Waals surface area contributed by atoms with E-state index in [1.807, 2.05) is 6.07 Å². The van der Waals surface area contributed by atoms with Gasteiger partial charge in [0.15, 0.2) is 0 Å². The van der Waals surface area contributed by atoms with Crippen molar-refractivity contribution >= 4 is 12.6 Å². The number of thiol groups is 1. The van der Waals surface area contributed by atoms with Gasteiger partial charge in [-0.15, -0.1) is 0 Å². The van der Waals surface area contributed by atoms with Gasteiger partial charge in [0, 0.05) is 5.25 Å². The molecule has 0 bridgehead atoms. The molecule has 0 nitrogen and oxygen atoms in total. The summed E-state index contributed by atoms with van der Waals surface area (Å²) in [5.74, 6) is 0.541. The van der Waals surface area contributed by atoms with E-state index in [-0.39, 0.29) is 0 Å². The molecule has 0 N–H and O–H groups in total. The predicted octanol–water partition coefficient (Wildman–Crippen LogP) is 3.11. The van der Waals surface area contributed by atoms with Crippen LogP contribution < -0.4 is 0 Å². The van der Waals surface area contributed by atoms with E-state index in [0.717, 1.165) is 0 Å². The lowest BCUT2D eigenvalue weighted by molar-refractivity contribution is 0.755. The van der Waals surface area contributed by atoms with Gasteiger partial charge in [-0.1, -0.05) is 44.2 Å². The van der Waals surface area contributed by atoms with Crippen molar-refractivity contribution in [3.8, 4) is 0 Å². The SMILES string of the molecule is CC(S)C(C)c1ccccc1. The van der Waals surface area contributed by atoms with E-state index in [1.165, 1.54) is 5.56 Å². The van der Waals surface area contributed by atoms with Crippen molar-refractivity contribution in [2.75, 3.05) is 0 Å². The Balaban J connectivity index is 2.77. The van der Waals surface area contributed by atoms with Crippen molar-refractivity contribution in [3.63, 3.8) is 0 Å². The van der Waals surface area contributed by atoms with Gasteiger partial charge in [-0.05, 0) is 11.5 Å². The molecule has 0 amide bonds. The lowest BCUT2D eigenvalue weighted by Crippen LogP contribution is -2.04. The Labute approximate surface area is 74.0 Å². The smallest absolute Gasteiger partial charge is 0.00545 e. The summed E-state index contributed by atoms with van der Waals surface area (Å²) in [6, 6.07) is 10.5. The minimum atomic E-state index is 0.428. The highest BCUT2D eigenvalue weighted by Gasteiger charge is 2.08. The molecule has 0 aliphatic rings. The van der Waals surface area contributed by atoms with Gasteiger partial charge in [0.2, 0.25) is 0 Å². The standard InChI is InChI=1S/C10H14S/c1-8(9(2)11)10-6-4-3-5-7-10/h3-9,11H,1-2H3. The Kier molecular flexibility index (Phi) is 3.01. The van der Waals surface area contributed by atoms with E-state index in [0.29, 0.717) is 11.2 Å². The second-order valence-electron chi connectivity index (χ2n) is 2.94. The van der Waals surface area contributed by atoms with Crippen LogP contribution in [-0.4, -0.2) is 5.25 Å². The summed E-state index contributed by atoms with van der Waals surface area (Å²) in [5, 5.41) is 0.428. The summed E-state index contributed by atoms with van der Waals surface area (Å²) in [4.78, 5) is 0. The summed E-state index contributed by atoms with van der Waals surface area (Å²) in [6.45, 7) is 4.33. The van der Waals surface area contributed by atoms with Crippen molar-refractivity contribution < 1.29 is 0 Å². The number of hydrogen-bond acceptors (Lipinski definition) is 1. The Bertz CT molecular complexity index is 203. The van der Waals surface area contributed by atoms with Gasteiger partial charge < -0.3 is 0 Å². The van der Waals surface area contributed by atoms with Gasteiger partial charge in [-0.3, -0.25) is 0 Å². The largest absolute Gasteiger partial charge is 0.176 e. The summed E-state index contributed by atoms with van der Waals surface area (Å²) >= 11 is 4.40. The Morgan fingerprint density at radius 1 is 1.09 bits per heavy atom. The normalized spacial score (nSPS) is 15.9. The quantitative estimate of drug-likeness (QED) is 0.641. The van der Waals surface area contributed by atoms with Crippen LogP contribution in [0.5, 0.6) is 0 Å². The van der Waals surface area contributed by atoms with Crippen LogP contribution in [0.25, 0.3) is 0 Å². The molecular weight excluding hydrogens is 152 g/mol. The molecule has 1 heteroatoms. The van der Waals surface area contributed by atoms with Crippen molar-refractivity contribution in [2.45, 2.75) is 25.0 Å². The number of hydrogen-bond donors (Lipinski definition) is 1. The van der Waals surface area contributed by atoms with E-state index < -0.39 is 0 Å². The molecule has 1 aromatic carbocycles. The second kappa shape index (κ2) is 3.82. The van der Waals surface area contributed by atoms with E-state index in [9.17, 15) is 0 Å². The van der Waals surface area contributed by atoms with E-state index >= 15 is 0 Å². The van der Waals surface area contributed by atoms with Gasteiger partial charge in [0.25, 0.3) is 0 Å². The molecule has 1 rings (SSSR count). The monoisotopic (exact) mass is 166 g/mol. The van der Waals surface area contributed by atoms with Crippen LogP contribution in [0.1, 0.15) is 25.3 Å². The minimum Gasteiger partial charge on any atom is -0.176 e. The van der Waals surface area contributed by atoms with Gasteiger partial charge >= 0.3 is 0 Å². The maximum atomic E-state index is 4.40. The zero-order chi connectivity index (χ0) is 8.27. The van der Waals surface area contributed by atoms with Crippen LogP contribution >= 0.6 is 12.6 Å². The van der Waals surface area contributed by atoms with E-state index in [4.69, 9.17) is 0 Å². The lowest BCUT2D eigenvalue weighted by Gasteiger charge is -2.14. The molecule has 11 heavy (non-hydrogen) atoms. The lowest BCUT2D eigenvalue weighted by atomic mass is 9.99. The molecular formula is C10H14S. The van der Waals surface area contributed by atoms with Crippen molar-refractivity contribution in [1.82, 2.24) is 0 Å². The first-order chi connectivity index (χ1) is 5.22. The molecule has 2 atom stereocenters. The fraction of sp³-hybridized carbons (Fsp3) is 0.400. The van der Waals surface area contributed by atoms with Crippen LogP contribution in [0.2, 0.25) is 0 Å². The van der Waals surface area contributed by atoms with Gasteiger partial charge in [-0.2, -0.15) is 12.6 Å². The number of rotatable bonds is 2. The zero-order valence-corrected chi connectivity index (χ0v) is 7.88. The molecule has 0 saturated carbocycles. The van der Waals surface area contributed by atoms with E-state index in [2.05, 4.69) is 50.7 Å². The third-order valence-corrected chi connectivity index (χ3v) is 2.50. The van der Waals surface area contributed by atoms with Crippen LogP contribution in [0.3, 0.4) is 0 Å². The molecule has 60 valence electrons. The molecule has 2 unspecified atom stereocenters. The summed E-state index contributed by atoms with van der Waals surface area (Å²) in [7, 11) is 0. The maximum Gasteiger partial charge on any atom is 0.00545 e. The molecule has 0 aromatic heterocycles. The highest BCUT2D eigenvalue weighted by Crippen LogP contribution is 2.21. The Hall–Kier alpha value is -0.430. The average molecular weight is 166 g/mol. The summed E-state index contributed by atoms with van der Waals surface area (Å²) in [5.41, 5.74) is 1.37. The van der Waals surface area contributed by atoms with Crippen LogP contribution in [0.15, 0.2) is 30.3 Å². The highest BCUT2D eigenvalue weighted by molar-refractivity contribution is 7.81. The predicted molar refractivity (Wildman–Crippen MR) is 53.3 cm³/mol. The topological polar surface area (TPSA) is 0 Å². The first-order valence-corrected chi connectivity index (χ1v) is 4.46. The molecule has 0 aliphatic heterocycles. The molecule has 0 aliphatic carbocycles. The van der Waals surface area contributed by atoms with Gasteiger partial charge in [0.05, 0.1) is 0 Å².